The molecule has 2 aromatic carbocycles. The van der Waals surface area contributed by atoms with Crippen LogP contribution in [0.1, 0.15) is 20.8 Å². The van der Waals surface area contributed by atoms with Crippen molar-refractivity contribution in [2.45, 2.75) is 6.42 Å². The predicted octanol–water partition coefficient (Wildman–Crippen LogP) is 4.47. The third kappa shape index (κ3) is 2.64. The molecule has 0 radical (unpaired) electrons. The molecule has 0 saturated heterocycles. The van der Waals surface area contributed by atoms with Gasteiger partial charge in [0.2, 0.25) is 0 Å². The third-order valence-electron chi connectivity index (χ3n) is 3.26. The van der Waals surface area contributed by atoms with Crippen LogP contribution in [0.3, 0.4) is 0 Å². The number of rotatable bonds is 3. The average Bonchev–Trinajstić information content (AvgIpc) is 2.87. The Balaban J connectivity index is 2.06. The molecule has 106 valence electrons. The van der Waals surface area contributed by atoms with Gasteiger partial charge >= 0.3 is 5.97 Å². The second kappa shape index (κ2) is 5.26. The summed E-state index contributed by atoms with van der Waals surface area (Å²) >= 11 is 1.18. The molecule has 0 fully saturated rings. The van der Waals surface area contributed by atoms with Crippen molar-refractivity contribution in [1.29, 1.82) is 0 Å². The number of halogens is 2. The highest BCUT2D eigenvalue weighted by atomic mass is 32.1. The van der Waals surface area contributed by atoms with E-state index in [4.69, 9.17) is 5.11 Å². The molecule has 1 heterocycles. The van der Waals surface area contributed by atoms with E-state index >= 15 is 0 Å². The van der Waals surface area contributed by atoms with Crippen LogP contribution < -0.4 is 0 Å². The molecule has 0 atom stereocenters. The average molecular weight is 304 g/mol. The molecule has 0 aliphatic carbocycles. The van der Waals surface area contributed by atoms with Crippen LogP contribution in [0.5, 0.6) is 0 Å². The summed E-state index contributed by atoms with van der Waals surface area (Å²) in [5.74, 6) is -2.19. The summed E-state index contributed by atoms with van der Waals surface area (Å²) in [4.78, 5) is 11.3. The maximum atomic E-state index is 13.7. The molecular formula is C16H10F2O2S. The molecule has 0 amide bonds. The van der Waals surface area contributed by atoms with Crippen LogP contribution in [0.2, 0.25) is 0 Å². The molecule has 1 N–H and O–H groups in total. The molecule has 3 aromatic rings. The zero-order valence-corrected chi connectivity index (χ0v) is 11.6. The molecule has 0 aliphatic heterocycles. The van der Waals surface area contributed by atoms with E-state index in [2.05, 4.69) is 0 Å². The van der Waals surface area contributed by atoms with Crippen molar-refractivity contribution in [3.05, 3.63) is 70.1 Å². The molecule has 5 heteroatoms. The van der Waals surface area contributed by atoms with Gasteiger partial charge in [0.15, 0.2) is 0 Å². The van der Waals surface area contributed by atoms with Gasteiger partial charge in [-0.15, -0.1) is 11.3 Å². The van der Waals surface area contributed by atoms with Crippen LogP contribution in [0, 0.1) is 11.6 Å². The summed E-state index contributed by atoms with van der Waals surface area (Å²) in [6.45, 7) is 0. The smallest absolute Gasteiger partial charge is 0.345 e. The van der Waals surface area contributed by atoms with Gasteiger partial charge in [0.25, 0.3) is 0 Å². The second-order valence-electron chi connectivity index (χ2n) is 4.66. The number of carboxylic acids is 1. The van der Waals surface area contributed by atoms with E-state index in [0.717, 1.165) is 21.7 Å². The highest BCUT2D eigenvalue weighted by Crippen LogP contribution is 2.30. The van der Waals surface area contributed by atoms with Crippen molar-refractivity contribution in [1.82, 2.24) is 0 Å². The van der Waals surface area contributed by atoms with Crippen LogP contribution in [0.15, 0.2) is 42.5 Å². The highest BCUT2D eigenvalue weighted by molar-refractivity contribution is 7.20. The molecule has 2 nitrogen and oxygen atoms in total. The Labute approximate surface area is 123 Å². The number of aromatic carboxylic acids is 1. The molecule has 21 heavy (non-hydrogen) atoms. The molecule has 3 rings (SSSR count). The predicted molar refractivity (Wildman–Crippen MR) is 77.9 cm³/mol. The first-order valence-corrected chi connectivity index (χ1v) is 7.05. The lowest BCUT2D eigenvalue weighted by atomic mass is 10.0. The molecule has 0 spiro atoms. The lowest BCUT2D eigenvalue weighted by Gasteiger charge is -2.05. The van der Waals surface area contributed by atoms with Crippen molar-refractivity contribution in [2.24, 2.45) is 0 Å². The normalized spacial score (nSPS) is 11.0. The summed E-state index contributed by atoms with van der Waals surface area (Å²) < 4.78 is 27.5. The summed E-state index contributed by atoms with van der Waals surface area (Å²) in [6.07, 6.45) is 0.291. The van der Waals surface area contributed by atoms with Crippen molar-refractivity contribution in [2.75, 3.05) is 0 Å². The lowest BCUT2D eigenvalue weighted by Crippen LogP contribution is -1.94. The topological polar surface area (TPSA) is 37.3 Å². The maximum Gasteiger partial charge on any atom is 0.345 e. The van der Waals surface area contributed by atoms with E-state index < -0.39 is 17.6 Å². The van der Waals surface area contributed by atoms with Gasteiger partial charge in [-0.1, -0.05) is 18.2 Å². The van der Waals surface area contributed by atoms with E-state index in [-0.39, 0.29) is 4.88 Å². The fourth-order valence-electron chi connectivity index (χ4n) is 2.25. The van der Waals surface area contributed by atoms with Gasteiger partial charge < -0.3 is 5.11 Å². The number of hydrogen-bond acceptors (Lipinski definition) is 2. The summed E-state index contributed by atoms with van der Waals surface area (Å²) in [7, 11) is 0. The first-order chi connectivity index (χ1) is 10.0. The molecule has 0 bridgehead atoms. The zero-order valence-electron chi connectivity index (χ0n) is 10.8. The van der Waals surface area contributed by atoms with Gasteiger partial charge in [0.05, 0.1) is 0 Å². The largest absolute Gasteiger partial charge is 0.477 e. The van der Waals surface area contributed by atoms with Crippen molar-refractivity contribution in [3.8, 4) is 0 Å². The molecular weight excluding hydrogens is 294 g/mol. The monoisotopic (exact) mass is 304 g/mol. The Bertz CT molecular complexity index is 839. The minimum atomic E-state index is -0.977. The highest BCUT2D eigenvalue weighted by Gasteiger charge is 2.12. The number of carbonyl (C=O) groups is 1. The number of thiophene rings is 1. The first-order valence-electron chi connectivity index (χ1n) is 6.23. The maximum absolute atomic E-state index is 13.7. The van der Waals surface area contributed by atoms with Gasteiger partial charge in [0.1, 0.15) is 16.5 Å². The fraction of sp³-hybridized carbons (Fsp3) is 0.0625. The zero-order chi connectivity index (χ0) is 15.0. The number of benzene rings is 2. The van der Waals surface area contributed by atoms with Gasteiger partial charge in [-0.3, -0.25) is 0 Å². The quantitative estimate of drug-likeness (QED) is 0.775. The minimum Gasteiger partial charge on any atom is -0.477 e. The lowest BCUT2D eigenvalue weighted by molar-refractivity contribution is 0.0702. The number of fused-ring (bicyclic) bond motifs is 1. The van der Waals surface area contributed by atoms with Crippen LogP contribution in [0.4, 0.5) is 8.78 Å². The van der Waals surface area contributed by atoms with Crippen molar-refractivity contribution >= 4 is 27.4 Å². The van der Waals surface area contributed by atoms with E-state index in [1.54, 1.807) is 12.1 Å². The third-order valence-corrected chi connectivity index (χ3v) is 4.35. The Hall–Kier alpha value is -2.27. The van der Waals surface area contributed by atoms with Crippen molar-refractivity contribution < 1.29 is 18.7 Å². The van der Waals surface area contributed by atoms with Gasteiger partial charge in [-0.2, -0.15) is 0 Å². The van der Waals surface area contributed by atoms with Gasteiger partial charge in [-0.25, -0.2) is 13.6 Å². The SMILES string of the molecule is O=C(O)c1cc2c(Cc3ccc(F)cc3F)cccc2s1. The van der Waals surface area contributed by atoms with E-state index in [0.29, 0.717) is 12.0 Å². The minimum absolute atomic E-state index is 0.247. The Morgan fingerprint density at radius 3 is 2.62 bits per heavy atom. The first kappa shape index (κ1) is 13.7. The number of carboxylic acid groups (broad SMARTS) is 1. The summed E-state index contributed by atoms with van der Waals surface area (Å²) in [5, 5.41) is 9.84. The Kier molecular flexibility index (Phi) is 3.43. The molecule has 0 unspecified atom stereocenters. The van der Waals surface area contributed by atoms with E-state index in [1.165, 1.54) is 23.5 Å². The summed E-state index contributed by atoms with van der Waals surface area (Å²) in [5.41, 5.74) is 1.20. The van der Waals surface area contributed by atoms with Crippen LogP contribution in [-0.4, -0.2) is 11.1 Å². The molecule has 0 saturated carbocycles. The van der Waals surface area contributed by atoms with Crippen LogP contribution in [0.25, 0.3) is 10.1 Å². The van der Waals surface area contributed by atoms with E-state index in [9.17, 15) is 13.6 Å². The van der Waals surface area contributed by atoms with Crippen LogP contribution in [-0.2, 0) is 6.42 Å². The molecule has 0 aliphatic rings. The standard InChI is InChI=1S/C16H10F2O2S/c17-11-5-4-10(13(18)7-11)6-9-2-1-3-14-12(9)8-15(21-14)16(19)20/h1-5,7-8H,6H2,(H,19,20). The fourth-order valence-corrected chi connectivity index (χ4v) is 3.20. The van der Waals surface area contributed by atoms with Crippen molar-refractivity contribution in [3.63, 3.8) is 0 Å². The summed E-state index contributed by atoms with van der Waals surface area (Å²) in [6, 6.07) is 10.5. The number of hydrogen-bond donors (Lipinski definition) is 1. The molecule has 1 aromatic heterocycles. The van der Waals surface area contributed by atoms with Crippen LogP contribution >= 0.6 is 11.3 Å². The second-order valence-corrected chi connectivity index (χ2v) is 5.74. The Morgan fingerprint density at radius 2 is 1.90 bits per heavy atom. The van der Waals surface area contributed by atoms with Gasteiger partial charge in [-0.05, 0) is 34.7 Å². The van der Waals surface area contributed by atoms with Gasteiger partial charge in [0, 0.05) is 17.2 Å². The van der Waals surface area contributed by atoms with E-state index in [1.807, 2.05) is 12.1 Å². The Morgan fingerprint density at radius 1 is 1.10 bits per heavy atom.